The minimum Gasteiger partial charge on any atom is -0.497 e. The summed E-state index contributed by atoms with van der Waals surface area (Å²) >= 11 is 1.41. The average molecular weight is 452 g/mol. The Labute approximate surface area is 186 Å². The van der Waals surface area contributed by atoms with Gasteiger partial charge in [0.25, 0.3) is 11.7 Å². The van der Waals surface area contributed by atoms with Crippen LogP contribution in [0.4, 0.5) is 10.1 Å². The molecule has 8 nitrogen and oxygen atoms in total. The summed E-state index contributed by atoms with van der Waals surface area (Å²) in [6, 6.07) is 16.1. The van der Waals surface area contributed by atoms with Gasteiger partial charge in [-0.3, -0.25) is 4.79 Å². The molecule has 0 saturated carbocycles. The van der Waals surface area contributed by atoms with Crippen LogP contribution in [0.1, 0.15) is 10.6 Å². The number of carbonyl (C=O) groups excluding carboxylic acids is 2. The zero-order chi connectivity index (χ0) is 22.5. The number of benzene rings is 2. The fourth-order valence-corrected chi connectivity index (χ4v) is 3.52. The van der Waals surface area contributed by atoms with E-state index >= 15 is 0 Å². The summed E-state index contributed by atoms with van der Waals surface area (Å²) in [6.45, 7) is -0.518. The Morgan fingerprint density at radius 1 is 1.12 bits per heavy atom. The van der Waals surface area contributed by atoms with Crippen LogP contribution < -0.4 is 10.1 Å². The minimum absolute atomic E-state index is 0.216. The molecule has 0 aliphatic carbocycles. The third-order valence-corrected chi connectivity index (χ3v) is 5.16. The van der Waals surface area contributed by atoms with Crippen molar-refractivity contribution in [1.29, 1.82) is 0 Å². The van der Waals surface area contributed by atoms with Gasteiger partial charge in [0.05, 0.1) is 17.7 Å². The predicted molar refractivity (Wildman–Crippen MR) is 117 cm³/mol. The summed E-state index contributed by atoms with van der Waals surface area (Å²) in [5, 5.41) is 8.70. The topological polar surface area (TPSA) is 95.3 Å². The molecule has 0 radical (unpaired) electrons. The van der Waals surface area contributed by atoms with Crippen LogP contribution in [-0.2, 0) is 9.53 Å². The van der Waals surface area contributed by atoms with Gasteiger partial charge in [-0.05, 0) is 47.8 Å². The Morgan fingerprint density at radius 3 is 2.66 bits per heavy atom. The Kier molecular flexibility index (Phi) is 6.22. The molecule has 0 aliphatic heterocycles. The van der Waals surface area contributed by atoms with Gasteiger partial charge in [-0.25, -0.2) is 13.9 Å². The van der Waals surface area contributed by atoms with E-state index < -0.39 is 24.3 Å². The first-order valence-electron chi connectivity index (χ1n) is 9.41. The second-order valence-corrected chi connectivity index (χ2v) is 7.43. The SMILES string of the molecule is COc1cccc(NC(=O)COC(=O)c2nc(-c3cccs3)n(-c3ccc(F)cc3)n2)c1. The molecule has 4 rings (SSSR count). The zero-order valence-electron chi connectivity index (χ0n) is 16.8. The maximum atomic E-state index is 13.3. The van der Waals surface area contributed by atoms with Gasteiger partial charge in [-0.15, -0.1) is 16.4 Å². The highest BCUT2D eigenvalue weighted by molar-refractivity contribution is 7.13. The third kappa shape index (κ3) is 4.81. The molecule has 0 aliphatic rings. The molecule has 1 amide bonds. The second-order valence-electron chi connectivity index (χ2n) is 6.48. The lowest BCUT2D eigenvalue weighted by atomic mass is 10.3. The van der Waals surface area contributed by atoms with E-state index in [-0.39, 0.29) is 5.82 Å². The molecule has 0 atom stereocenters. The highest BCUT2D eigenvalue weighted by Gasteiger charge is 2.21. The number of carbonyl (C=O) groups is 2. The molecular formula is C22H17FN4O4S. The number of anilines is 1. The number of hydrogen-bond donors (Lipinski definition) is 1. The molecule has 0 saturated heterocycles. The maximum absolute atomic E-state index is 13.3. The normalized spacial score (nSPS) is 10.6. The Hall–Kier alpha value is -4.05. The molecule has 0 bridgehead atoms. The fourth-order valence-electron chi connectivity index (χ4n) is 2.82. The van der Waals surface area contributed by atoms with Crippen molar-refractivity contribution in [2.75, 3.05) is 19.0 Å². The van der Waals surface area contributed by atoms with Crippen molar-refractivity contribution in [3.8, 4) is 22.1 Å². The molecule has 2 aromatic heterocycles. The van der Waals surface area contributed by atoms with Crippen molar-refractivity contribution in [3.05, 3.63) is 77.7 Å². The first-order chi connectivity index (χ1) is 15.5. The number of nitrogens with one attached hydrogen (secondary N) is 1. The third-order valence-electron chi connectivity index (χ3n) is 4.29. The van der Waals surface area contributed by atoms with Gasteiger partial charge in [0.2, 0.25) is 0 Å². The van der Waals surface area contributed by atoms with E-state index in [1.165, 1.54) is 47.4 Å². The minimum atomic E-state index is -0.857. The van der Waals surface area contributed by atoms with E-state index in [9.17, 15) is 14.0 Å². The van der Waals surface area contributed by atoms with Crippen molar-refractivity contribution < 1.29 is 23.5 Å². The molecule has 0 spiro atoms. The number of thiophene rings is 1. The largest absolute Gasteiger partial charge is 0.497 e. The van der Waals surface area contributed by atoms with Crippen LogP contribution in [0.3, 0.4) is 0 Å². The molecule has 32 heavy (non-hydrogen) atoms. The number of nitrogens with zero attached hydrogens (tertiary/aromatic N) is 3. The molecule has 0 fully saturated rings. The predicted octanol–water partition coefficient (Wildman–Crippen LogP) is 3.94. The van der Waals surface area contributed by atoms with E-state index in [1.54, 1.807) is 24.3 Å². The average Bonchev–Trinajstić information content (AvgIpc) is 3.48. The molecule has 0 unspecified atom stereocenters. The lowest BCUT2D eigenvalue weighted by Gasteiger charge is -2.07. The van der Waals surface area contributed by atoms with Crippen LogP contribution in [0.15, 0.2) is 66.0 Å². The monoisotopic (exact) mass is 452 g/mol. The number of aromatic nitrogens is 3. The van der Waals surface area contributed by atoms with Crippen molar-refractivity contribution in [2.24, 2.45) is 0 Å². The quantitative estimate of drug-likeness (QED) is 0.427. The van der Waals surface area contributed by atoms with Crippen LogP contribution in [-0.4, -0.2) is 40.4 Å². The fraction of sp³-hybridized carbons (Fsp3) is 0.0909. The number of halogens is 1. The molecular weight excluding hydrogens is 435 g/mol. The zero-order valence-corrected chi connectivity index (χ0v) is 17.6. The van der Waals surface area contributed by atoms with Gasteiger partial charge >= 0.3 is 5.97 Å². The summed E-state index contributed by atoms with van der Waals surface area (Å²) in [4.78, 5) is 29.7. The van der Waals surface area contributed by atoms with Gasteiger partial charge in [-0.1, -0.05) is 12.1 Å². The van der Waals surface area contributed by atoms with Crippen LogP contribution in [0.2, 0.25) is 0 Å². The van der Waals surface area contributed by atoms with E-state index in [1.807, 2.05) is 17.5 Å². The molecule has 1 N–H and O–H groups in total. The van der Waals surface area contributed by atoms with Crippen LogP contribution in [0.5, 0.6) is 5.75 Å². The van der Waals surface area contributed by atoms with E-state index in [0.717, 1.165) is 4.88 Å². The smallest absolute Gasteiger partial charge is 0.378 e. The number of hydrogen-bond acceptors (Lipinski definition) is 7. The summed E-state index contributed by atoms with van der Waals surface area (Å²) in [5.74, 6) is -1.01. The summed E-state index contributed by atoms with van der Waals surface area (Å²) in [5.41, 5.74) is 1.03. The summed E-state index contributed by atoms with van der Waals surface area (Å²) in [7, 11) is 1.52. The standard InChI is InChI=1S/C22H17FN4O4S/c1-30-17-5-2-4-15(12-17)24-19(28)13-31-22(29)20-25-21(18-6-3-11-32-18)27(26-20)16-9-7-14(23)8-10-16/h2-12H,13H2,1H3,(H,24,28). The van der Waals surface area contributed by atoms with Gasteiger partial charge in [0.1, 0.15) is 11.6 Å². The Balaban J connectivity index is 1.49. The van der Waals surface area contributed by atoms with Crippen LogP contribution >= 0.6 is 11.3 Å². The van der Waals surface area contributed by atoms with E-state index in [4.69, 9.17) is 9.47 Å². The van der Waals surface area contributed by atoms with Crippen molar-refractivity contribution in [3.63, 3.8) is 0 Å². The first-order valence-corrected chi connectivity index (χ1v) is 10.3. The lowest BCUT2D eigenvalue weighted by molar-refractivity contribution is -0.119. The van der Waals surface area contributed by atoms with Crippen molar-refractivity contribution in [1.82, 2.24) is 14.8 Å². The number of esters is 1. The number of amides is 1. The molecule has 2 aromatic carbocycles. The first kappa shape index (κ1) is 21.2. The summed E-state index contributed by atoms with van der Waals surface area (Å²) < 4.78 is 24.9. The Bertz CT molecular complexity index is 1240. The maximum Gasteiger partial charge on any atom is 0.378 e. The van der Waals surface area contributed by atoms with Gasteiger partial charge in [-0.2, -0.15) is 4.98 Å². The number of ether oxygens (including phenoxy) is 2. The van der Waals surface area contributed by atoms with Crippen LogP contribution in [0.25, 0.3) is 16.4 Å². The molecule has 10 heteroatoms. The molecule has 4 aromatic rings. The second kappa shape index (κ2) is 9.40. The molecule has 162 valence electrons. The van der Waals surface area contributed by atoms with Crippen LogP contribution in [0, 0.1) is 5.82 Å². The number of rotatable bonds is 7. The summed E-state index contributed by atoms with van der Waals surface area (Å²) in [6.07, 6.45) is 0. The molecule has 2 heterocycles. The van der Waals surface area contributed by atoms with E-state index in [2.05, 4.69) is 15.4 Å². The van der Waals surface area contributed by atoms with Crippen molar-refractivity contribution in [2.45, 2.75) is 0 Å². The van der Waals surface area contributed by atoms with Gasteiger partial charge in [0.15, 0.2) is 12.4 Å². The highest BCUT2D eigenvalue weighted by Crippen LogP contribution is 2.26. The van der Waals surface area contributed by atoms with E-state index in [0.29, 0.717) is 22.9 Å². The van der Waals surface area contributed by atoms with Gasteiger partial charge < -0.3 is 14.8 Å². The highest BCUT2D eigenvalue weighted by atomic mass is 32.1. The number of methoxy groups -OCH3 is 1. The Morgan fingerprint density at radius 2 is 1.94 bits per heavy atom. The lowest BCUT2D eigenvalue weighted by Crippen LogP contribution is -2.21. The van der Waals surface area contributed by atoms with Crippen molar-refractivity contribution >= 4 is 28.9 Å². The van der Waals surface area contributed by atoms with Gasteiger partial charge in [0, 0.05) is 11.8 Å².